The molecule has 0 aliphatic carbocycles. The van der Waals surface area contributed by atoms with E-state index < -0.39 is 0 Å². The van der Waals surface area contributed by atoms with E-state index in [1.54, 1.807) is 0 Å². The molecule has 0 fully saturated rings. The second-order valence-corrected chi connectivity index (χ2v) is 13.0. The molecular weight excluding hydrogens is 607 g/mol. The van der Waals surface area contributed by atoms with E-state index in [1.807, 2.05) is 12.1 Å². The lowest BCUT2D eigenvalue weighted by molar-refractivity contribution is 0.669. The molecule has 0 spiro atoms. The number of para-hydroxylation sites is 1. The SMILES string of the molecule is c1cc(-c2ccc3ccccc3c2)cc(N(c2ccc3c(c2)oc2ccccc23)c2cccc3ccc(-c4ccc5ccccc5c4)cc23)c1. The van der Waals surface area contributed by atoms with Crippen LogP contribution in [0.1, 0.15) is 0 Å². The molecule has 10 rings (SSSR count). The molecule has 0 aliphatic heterocycles. The maximum atomic E-state index is 6.42. The molecule has 50 heavy (non-hydrogen) atoms. The summed E-state index contributed by atoms with van der Waals surface area (Å²) in [4.78, 5) is 2.38. The van der Waals surface area contributed by atoms with Gasteiger partial charge in [0.2, 0.25) is 0 Å². The summed E-state index contributed by atoms with van der Waals surface area (Å²) in [6.45, 7) is 0. The smallest absolute Gasteiger partial charge is 0.137 e. The fraction of sp³-hybridized carbons (Fsp3) is 0. The largest absolute Gasteiger partial charge is 0.456 e. The van der Waals surface area contributed by atoms with Crippen molar-refractivity contribution < 1.29 is 4.42 Å². The molecule has 0 saturated heterocycles. The first kappa shape index (κ1) is 28.4. The van der Waals surface area contributed by atoms with E-state index in [0.717, 1.165) is 39.0 Å². The number of hydrogen-bond acceptors (Lipinski definition) is 2. The normalized spacial score (nSPS) is 11.6. The van der Waals surface area contributed by atoms with Crippen LogP contribution in [0.2, 0.25) is 0 Å². The molecule has 234 valence electrons. The van der Waals surface area contributed by atoms with Crippen molar-refractivity contribution in [3.63, 3.8) is 0 Å². The van der Waals surface area contributed by atoms with Gasteiger partial charge in [0.1, 0.15) is 11.2 Å². The number of hydrogen-bond donors (Lipinski definition) is 0. The zero-order chi connectivity index (χ0) is 33.0. The van der Waals surface area contributed by atoms with Gasteiger partial charge in [-0.25, -0.2) is 0 Å². The summed E-state index contributed by atoms with van der Waals surface area (Å²) in [5.41, 5.74) is 9.74. The second-order valence-electron chi connectivity index (χ2n) is 13.0. The van der Waals surface area contributed by atoms with Gasteiger partial charge in [-0.05, 0) is 104 Å². The Morgan fingerprint density at radius 2 is 0.860 bits per heavy atom. The van der Waals surface area contributed by atoms with Crippen molar-refractivity contribution in [2.75, 3.05) is 4.90 Å². The quantitative estimate of drug-likeness (QED) is 0.187. The average molecular weight is 638 g/mol. The number of nitrogens with zero attached hydrogens (tertiary/aromatic N) is 1. The monoisotopic (exact) mass is 637 g/mol. The summed E-state index contributed by atoms with van der Waals surface area (Å²) in [5, 5.41) is 9.58. The van der Waals surface area contributed by atoms with E-state index in [-0.39, 0.29) is 0 Å². The molecule has 10 aromatic rings. The molecule has 0 atom stereocenters. The molecule has 0 radical (unpaired) electrons. The third-order valence-electron chi connectivity index (χ3n) is 9.99. The first-order valence-corrected chi connectivity index (χ1v) is 17.1. The Bertz CT molecular complexity index is 2900. The third-order valence-corrected chi connectivity index (χ3v) is 9.99. The van der Waals surface area contributed by atoms with Crippen LogP contribution in [0.25, 0.3) is 76.5 Å². The van der Waals surface area contributed by atoms with Crippen LogP contribution in [0.4, 0.5) is 17.1 Å². The molecule has 0 bridgehead atoms. The maximum Gasteiger partial charge on any atom is 0.137 e. The maximum absolute atomic E-state index is 6.42. The summed E-state index contributed by atoms with van der Waals surface area (Å²) in [7, 11) is 0. The van der Waals surface area contributed by atoms with Crippen LogP contribution in [0.3, 0.4) is 0 Å². The van der Waals surface area contributed by atoms with Crippen molar-refractivity contribution in [1.29, 1.82) is 0 Å². The molecule has 0 aliphatic rings. The van der Waals surface area contributed by atoms with Gasteiger partial charge in [0, 0.05) is 33.6 Å². The molecular formula is C48H31NO. The number of furan rings is 1. The average Bonchev–Trinajstić information content (AvgIpc) is 3.56. The highest BCUT2D eigenvalue weighted by molar-refractivity contribution is 6.07. The first-order valence-electron chi connectivity index (χ1n) is 17.1. The van der Waals surface area contributed by atoms with E-state index in [4.69, 9.17) is 4.42 Å². The second kappa shape index (κ2) is 11.5. The molecule has 0 N–H and O–H groups in total. The van der Waals surface area contributed by atoms with Gasteiger partial charge in [-0.2, -0.15) is 0 Å². The lowest BCUT2D eigenvalue weighted by atomic mass is 9.97. The van der Waals surface area contributed by atoms with Gasteiger partial charge in [-0.3, -0.25) is 0 Å². The van der Waals surface area contributed by atoms with E-state index in [2.05, 4.69) is 181 Å². The van der Waals surface area contributed by atoms with E-state index in [9.17, 15) is 0 Å². The van der Waals surface area contributed by atoms with Gasteiger partial charge in [0.05, 0.1) is 5.69 Å². The Morgan fingerprint density at radius 3 is 1.62 bits per heavy atom. The van der Waals surface area contributed by atoms with Crippen molar-refractivity contribution in [2.45, 2.75) is 0 Å². The fourth-order valence-electron chi connectivity index (χ4n) is 7.47. The topological polar surface area (TPSA) is 16.4 Å². The van der Waals surface area contributed by atoms with Crippen LogP contribution in [0.5, 0.6) is 0 Å². The molecule has 0 unspecified atom stereocenters. The van der Waals surface area contributed by atoms with E-state index in [0.29, 0.717) is 0 Å². The molecule has 0 amide bonds. The standard InChI is InChI=1S/C48H31NO/c1-3-11-35-27-38(22-19-32(35)9-1)37-14-7-15-41(29-37)49(42-25-26-44-43-16-5-6-18-47(43)50-48(44)31-42)46-17-8-13-34-21-24-40(30-45(34)46)39-23-20-33-10-2-4-12-36(33)28-39/h1-31H. The van der Waals surface area contributed by atoms with Crippen molar-refractivity contribution in [3.05, 3.63) is 188 Å². The zero-order valence-corrected chi connectivity index (χ0v) is 27.3. The third kappa shape index (κ3) is 4.81. The van der Waals surface area contributed by atoms with E-state index in [1.165, 1.54) is 54.6 Å². The highest BCUT2D eigenvalue weighted by Gasteiger charge is 2.19. The Labute approximate surface area is 290 Å². The summed E-state index contributed by atoms with van der Waals surface area (Å²) in [6, 6.07) is 67.7. The molecule has 2 heteroatoms. The number of anilines is 3. The summed E-state index contributed by atoms with van der Waals surface area (Å²) in [5.74, 6) is 0. The van der Waals surface area contributed by atoms with Crippen LogP contribution < -0.4 is 4.90 Å². The van der Waals surface area contributed by atoms with Gasteiger partial charge < -0.3 is 9.32 Å². The first-order chi connectivity index (χ1) is 24.7. The zero-order valence-electron chi connectivity index (χ0n) is 27.3. The van der Waals surface area contributed by atoms with Gasteiger partial charge in [0.15, 0.2) is 0 Å². The van der Waals surface area contributed by atoms with Crippen LogP contribution in [0.15, 0.2) is 192 Å². The van der Waals surface area contributed by atoms with Crippen LogP contribution in [-0.4, -0.2) is 0 Å². The minimum Gasteiger partial charge on any atom is -0.456 e. The highest BCUT2D eigenvalue weighted by Crippen LogP contribution is 2.43. The van der Waals surface area contributed by atoms with Gasteiger partial charge >= 0.3 is 0 Å². The van der Waals surface area contributed by atoms with Crippen molar-refractivity contribution >= 4 is 71.3 Å². The van der Waals surface area contributed by atoms with Crippen molar-refractivity contribution in [2.24, 2.45) is 0 Å². The Kier molecular flexibility index (Phi) is 6.53. The summed E-state index contributed by atoms with van der Waals surface area (Å²) in [6.07, 6.45) is 0. The predicted molar refractivity (Wildman–Crippen MR) is 212 cm³/mol. The molecule has 1 heterocycles. The van der Waals surface area contributed by atoms with E-state index >= 15 is 0 Å². The molecule has 0 saturated carbocycles. The Hall–Kier alpha value is -6.64. The van der Waals surface area contributed by atoms with Crippen molar-refractivity contribution in [3.8, 4) is 22.3 Å². The minimum absolute atomic E-state index is 0.872. The van der Waals surface area contributed by atoms with Crippen LogP contribution >= 0.6 is 0 Å². The Balaban J connectivity index is 1.18. The molecule has 1 aromatic heterocycles. The minimum atomic E-state index is 0.872. The molecule has 9 aromatic carbocycles. The lowest BCUT2D eigenvalue weighted by Crippen LogP contribution is -2.10. The van der Waals surface area contributed by atoms with Crippen LogP contribution in [0, 0.1) is 0 Å². The van der Waals surface area contributed by atoms with Gasteiger partial charge in [0.25, 0.3) is 0 Å². The summed E-state index contributed by atoms with van der Waals surface area (Å²) >= 11 is 0. The van der Waals surface area contributed by atoms with Gasteiger partial charge in [-0.15, -0.1) is 0 Å². The predicted octanol–water partition coefficient (Wildman–Crippen LogP) is 13.8. The Morgan fingerprint density at radius 1 is 0.300 bits per heavy atom. The van der Waals surface area contributed by atoms with Crippen LogP contribution in [-0.2, 0) is 0 Å². The van der Waals surface area contributed by atoms with Gasteiger partial charge in [-0.1, -0.05) is 127 Å². The van der Waals surface area contributed by atoms with Crippen molar-refractivity contribution in [1.82, 2.24) is 0 Å². The fourth-order valence-corrected chi connectivity index (χ4v) is 7.47. The molecule has 2 nitrogen and oxygen atoms in total. The number of fused-ring (bicyclic) bond motifs is 6. The highest BCUT2D eigenvalue weighted by atomic mass is 16.3. The lowest BCUT2D eigenvalue weighted by Gasteiger charge is -2.27. The number of rotatable bonds is 5. The number of benzene rings is 9. The summed E-state index contributed by atoms with van der Waals surface area (Å²) < 4.78 is 6.42.